The van der Waals surface area contributed by atoms with Gasteiger partial charge in [0, 0.05) is 19.8 Å². The molecule has 0 aliphatic heterocycles. The van der Waals surface area contributed by atoms with Gasteiger partial charge < -0.3 is 4.90 Å². The highest BCUT2D eigenvalue weighted by molar-refractivity contribution is 5.55. The van der Waals surface area contributed by atoms with Gasteiger partial charge in [-0.25, -0.2) is 0 Å². The van der Waals surface area contributed by atoms with E-state index in [1.807, 2.05) is 0 Å². The number of hydrogen-bond acceptors (Lipinski definition) is 1. The van der Waals surface area contributed by atoms with E-state index in [1.165, 1.54) is 16.8 Å². The molecule has 0 saturated carbocycles. The van der Waals surface area contributed by atoms with Crippen LogP contribution in [0.25, 0.3) is 0 Å². The summed E-state index contributed by atoms with van der Waals surface area (Å²) in [7, 11) is 4.16. The normalized spacial score (nSPS) is 10.2. The smallest absolute Gasteiger partial charge is 0.0396 e. The SMILES string of the molecule is CN(C)c1ccccc1[CH]Cc1ccccc1. The van der Waals surface area contributed by atoms with Crippen LogP contribution in [0, 0.1) is 6.42 Å². The van der Waals surface area contributed by atoms with Gasteiger partial charge in [0.1, 0.15) is 0 Å². The predicted molar refractivity (Wildman–Crippen MR) is 74.3 cm³/mol. The average Bonchev–Trinajstić information content (AvgIpc) is 2.38. The van der Waals surface area contributed by atoms with Gasteiger partial charge in [0.05, 0.1) is 0 Å². The van der Waals surface area contributed by atoms with E-state index in [4.69, 9.17) is 0 Å². The summed E-state index contributed by atoms with van der Waals surface area (Å²) in [5.74, 6) is 0. The molecule has 0 aliphatic rings. The van der Waals surface area contributed by atoms with Crippen molar-refractivity contribution in [2.75, 3.05) is 19.0 Å². The summed E-state index contributed by atoms with van der Waals surface area (Å²) >= 11 is 0. The minimum absolute atomic E-state index is 0.978. The molecule has 2 aromatic carbocycles. The molecule has 87 valence electrons. The van der Waals surface area contributed by atoms with Crippen molar-refractivity contribution in [2.45, 2.75) is 6.42 Å². The van der Waals surface area contributed by atoms with Crippen LogP contribution in [0.1, 0.15) is 11.1 Å². The van der Waals surface area contributed by atoms with Crippen LogP contribution in [-0.2, 0) is 6.42 Å². The average molecular weight is 224 g/mol. The molecule has 0 atom stereocenters. The molecule has 0 aliphatic carbocycles. The summed E-state index contributed by atoms with van der Waals surface area (Å²) in [4.78, 5) is 2.15. The Kier molecular flexibility index (Phi) is 3.81. The van der Waals surface area contributed by atoms with Gasteiger partial charge in [0.25, 0.3) is 0 Å². The molecule has 0 aromatic heterocycles. The molecule has 1 heteroatoms. The van der Waals surface area contributed by atoms with Crippen LogP contribution >= 0.6 is 0 Å². The minimum atomic E-state index is 0.978. The summed E-state index contributed by atoms with van der Waals surface area (Å²) in [6.07, 6.45) is 3.26. The number of anilines is 1. The summed E-state index contributed by atoms with van der Waals surface area (Å²) in [5, 5.41) is 0. The van der Waals surface area contributed by atoms with Gasteiger partial charge in [0.2, 0.25) is 0 Å². The monoisotopic (exact) mass is 224 g/mol. The van der Waals surface area contributed by atoms with Crippen molar-refractivity contribution >= 4 is 5.69 Å². The second kappa shape index (κ2) is 5.53. The first-order valence-corrected chi connectivity index (χ1v) is 5.91. The summed E-state index contributed by atoms with van der Waals surface area (Å²) in [5.41, 5.74) is 3.91. The van der Waals surface area contributed by atoms with Crippen LogP contribution in [0.3, 0.4) is 0 Å². The second-order valence-corrected chi connectivity index (χ2v) is 4.35. The molecule has 0 unspecified atom stereocenters. The number of benzene rings is 2. The molecule has 1 nitrogen and oxygen atoms in total. The Balaban J connectivity index is 2.09. The van der Waals surface area contributed by atoms with Gasteiger partial charge in [-0.1, -0.05) is 48.5 Å². The van der Waals surface area contributed by atoms with Crippen LogP contribution in [-0.4, -0.2) is 14.1 Å². The maximum Gasteiger partial charge on any atom is 0.0396 e. The van der Waals surface area contributed by atoms with E-state index in [2.05, 4.69) is 80.0 Å². The molecule has 0 spiro atoms. The van der Waals surface area contributed by atoms with Crippen molar-refractivity contribution in [1.82, 2.24) is 0 Å². The van der Waals surface area contributed by atoms with Crippen LogP contribution < -0.4 is 4.90 Å². The van der Waals surface area contributed by atoms with Crippen LogP contribution in [0.4, 0.5) is 5.69 Å². The summed E-state index contributed by atoms with van der Waals surface area (Å²) in [6, 6.07) is 19.0. The number of hydrogen-bond donors (Lipinski definition) is 0. The maximum atomic E-state index is 2.28. The summed E-state index contributed by atoms with van der Waals surface area (Å²) in [6.45, 7) is 0. The van der Waals surface area contributed by atoms with Gasteiger partial charge in [-0.05, 0) is 30.0 Å². The minimum Gasteiger partial charge on any atom is -0.377 e. The molecule has 0 saturated heterocycles. The fraction of sp³-hybridized carbons (Fsp3) is 0.188. The maximum absolute atomic E-state index is 2.28. The lowest BCUT2D eigenvalue weighted by atomic mass is 10.0. The van der Waals surface area contributed by atoms with Crippen molar-refractivity contribution < 1.29 is 0 Å². The van der Waals surface area contributed by atoms with Gasteiger partial charge in [0.15, 0.2) is 0 Å². The lowest BCUT2D eigenvalue weighted by Crippen LogP contribution is -2.10. The first-order chi connectivity index (χ1) is 8.27. The highest BCUT2D eigenvalue weighted by Gasteiger charge is 2.03. The standard InChI is InChI=1S/C16H18N/c1-17(2)16-11-7-6-10-15(16)13-12-14-8-4-3-5-9-14/h3-11,13H,12H2,1-2H3. The van der Waals surface area contributed by atoms with Crippen LogP contribution in [0.5, 0.6) is 0 Å². The van der Waals surface area contributed by atoms with E-state index >= 15 is 0 Å². The van der Waals surface area contributed by atoms with Crippen LogP contribution in [0.15, 0.2) is 54.6 Å². The van der Waals surface area contributed by atoms with Crippen molar-refractivity contribution in [3.63, 3.8) is 0 Å². The fourth-order valence-corrected chi connectivity index (χ4v) is 1.91. The third kappa shape index (κ3) is 3.10. The topological polar surface area (TPSA) is 3.24 Å². The predicted octanol–water partition coefficient (Wildman–Crippen LogP) is 3.55. The van der Waals surface area contributed by atoms with Crippen molar-refractivity contribution in [3.8, 4) is 0 Å². The van der Waals surface area contributed by atoms with Crippen LogP contribution in [0.2, 0.25) is 0 Å². The molecule has 0 bridgehead atoms. The van der Waals surface area contributed by atoms with Crippen molar-refractivity contribution in [2.24, 2.45) is 0 Å². The van der Waals surface area contributed by atoms with E-state index in [-0.39, 0.29) is 0 Å². The Labute approximate surface area is 104 Å². The molecular weight excluding hydrogens is 206 g/mol. The number of nitrogens with zero attached hydrogens (tertiary/aromatic N) is 1. The Morgan fingerprint density at radius 2 is 1.53 bits per heavy atom. The van der Waals surface area contributed by atoms with Gasteiger partial charge >= 0.3 is 0 Å². The molecular formula is C16H18N. The van der Waals surface area contributed by atoms with E-state index in [0.717, 1.165) is 6.42 Å². The molecule has 2 aromatic rings. The molecule has 0 N–H and O–H groups in total. The zero-order chi connectivity index (χ0) is 12.1. The molecule has 0 heterocycles. The molecule has 1 radical (unpaired) electrons. The zero-order valence-corrected chi connectivity index (χ0v) is 10.4. The Hall–Kier alpha value is -1.76. The zero-order valence-electron chi connectivity index (χ0n) is 10.4. The van der Waals surface area contributed by atoms with E-state index < -0.39 is 0 Å². The van der Waals surface area contributed by atoms with E-state index in [9.17, 15) is 0 Å². The van der Waals surface area contributed by atoms with Gasteiger partial charge in [-0.3, -0.25) is 0 Å². The number of rotatable bonds is 4. The largest absolute Gasteiger partial charge is 0.377 e. The van der Waals surface area contributed by atoms with E-state index in [1.54, 1.807) is 0 Å². The first kappa shape index (κ1) is 11.7. The van der Waals surface area contributed by atoms with Gasteiger partial charge in [-0.2, -0.15) is 0 Å². The third-order valence-corrected chi connectivity index (χ3v) is 2.82. The quantitative estimate of drug-likeness (QED) is 0.767. The van der Waals surface area contributed by atoms with Gasteiger partial charge in [-0.15, -0.1) is 0 Å². The van der Waals surface area contributed by atoms with Crippen molar-refractivity contribution in [3.05, 3.63) is 72.1 Å². The molecule has 17 heavy (non-hydrogen) atoms. The molecule has 0 amide bonds. The van der Waals surface area contributed by atoms with Crippen molar-refractivity contribution in [1.29, 1.82) is 0 Å². The molecule has 0 fully saturated rings. The Morgan fingerprint density at radius 1 is 0.882 bits per heavy atom. The lowest BCUT2D eigenvalue weighted by Gasteiger charge is -2.17. The Bertz CT molecular complexity index is 460. The highest BCUT2D eigenvalue weighted by atomic mass is 15.1. The Morgan fingerprint density at radius 3 is 2.24 bits per heavy atom. The summed E-state index contributed by atoms with van der Waals surface area (Å²) < 4.78 is 0. The highest BCUT2D eigenvalue weighted by Crippen LogP contribution is 2.21. The molecule has 2 rings (SSSR count). The lowest BCUT2D eigenvalue weighted by molar-refractivity contribution is 1.09. The fourth-order valence-electron chi connectivity index (χ4n) is 1.91. The van der Waals surface area contributed by atoms with E-state index in [0.29, 0.717) is 0 Å². The first-order valence-electron chi connectivity index (χ1n) is 5.91. The second-order valence-electron chi connectivity index (χ2n) is 4.35. The number of para-hydroxylation sites is 1. The third-order valence-electron chi connectivity index (χ3n) is 2.82.